The first-order chi connectivity index (χ1) is 7.24. The molecule has 0 aliphatic rings. The average molecular weight is 204 g/mol. The first-order valence-corrected chi connectivity index (χ1v) is 4.49. The molecule has 2 aromatic rings. The molecule has 0 N–H and O–H groups in total. The van der Waals surface area contributed by atoms with Crippen LogP contribution in [0.3, 0.4) is 0 Å². The summed E-state index contributed by atoms with van der Waals surface area (Å²) in [6.45, 7) is 0.505. The molecule has 0 amide bonds. The lowest BCUT2D eigenvalue weighted by Gasteiger charge is -2.04. The first kappa shape index (κ1) is 9.58. The Labute approximate surface area is 85.8 Å². The molecule has 0 bridgehead atoms. The highest BCUT2D eigenvalue weighted by molar-refractivity contribution is 5.11. The highest BCUT2D eigenvalue weighted by atomic mass is 19.1. The molecule has 0 radical (unpaired) electrons. The average Bonchev–Trinajstić information content (AvgIpc) is 2.22. The lowest BCUT2D eigenvalue weighted by atomic mass is 10.3. The maximum atomic E-state index is 12.8. The Morgan fingerprint density at radius 3 is 2.67 bits per heavy atom. The predicted molar refractivity (Wildman–Crippen MR) is 54.0 cm³/mol. The van der Waals surface area contributed by atoms with E-state index in [0.29, 0.717) is 6.54 Å². The van der Waals surface area contributed by atoms with Gasteiger partial charge in [-0.15, -0.1) is 0 Å². The summed E-state index contributed by atoms with van der Waals surface area (Å²) in [5.41, 5.74) is 0.724. The SMILES string of the molecule is O=c1ccn(Cc2cncc(F)c2)cc1. The summed E-state index contributed by atoms with van der Waals surface area (Å²) in [6.07, 6.45) is 6.08. The third-order valence-electron chi connectivity index (χ3n) is 1.99. The van der Waals surface area contributed by atoms with Gasteiger partial charge in [0.1, 0.15) is 5.82 Å². The minimum Gasteiger partial charge on any atom is -0.350 e. The lowest BCUT2D eigenvalue weighted by Crippen LogP contribution is -2.05. The maximum absolute atomic E-state index is 12.8. The zero-order valence-corrected chi connectivity index (χ0v) is 7.93. The van der Waals surface area contributed by atoms with Gasteiger partial charge < -0.3 is 4.57 Å². The fraction of sp³-hybridized carbons (Fsp3) is 0.0909. The molecule has 2 heterocycles. The number of aromatic nitrogens is 2. The van der Waals surface area contributed by atoms with Gasteiger partial charge in [0.15, 0.2) is 5.43 Å². The van der Waals surface area contributed by atoms with Crippen LogP contribution >= 0.6 is 0 Å². The number of pyridine rings is 2. The Morgan fingerprint density at radius 2 is 2.00 bits per heavy atom. The highest BCUT2D eigenvalue weighted by Crippen LogP contribution is 2.02. The van der Waals surface area contributed by atoms with Crippen LogP contribution in [0.2, 0.25) is 0 Å². The second kappa shape index (κ2) is 4.04. The number of hydrogen-bond acceptors (Lipinski definition) is 2. The maximum Gasteiger partial charge on any atom is 0.181 e. The van der Waals surface area contributed by atoms with E-state index in [0.717, 1.165) is 11.8 Å². The Balaban J connectivity index is 2.22. The second-order valence-corrected chi connectivity index (χ2v) is 3.22. The van der Waals surface area contributed by atoms with Gasteiger partial charge in [-0.2, -0.15) is 0 Å². The van der Waals surface area contributed by atoms with E-state index in [4.69, 9.17) is 0 Å². The van der Waals surface area contributed by atoms with Gasteiger partial charge in [-0.3, -0.25) is 9.78 Å². The van der Waals surface area contributed by atoms with E-state index in [1.165, 1.54) is 18.2 Å². The summed E-state index contributed by atoms with van der Waals surface area (Å²) in [5, 5.41) is 0. The van der Waals surface area contributed by atoms with Crippen molar-refractivity contribution in [2.45, 2.75) is 6.54 Å². The van der Waals surface area contributed by atoms with Crippen molar-refractivity contribution in [2.75, 3.05) is 0 Å². The third kappa shape index (κ3) is 2.49. The minimum atomic E-state index is -0.353. The zero-order valence-electron chi connectivity index (χ0n) is 7.93. The molecule has 0 aliphatic heterocycles. The van der Waals surface area contributed by atoms with Gasteiger partial charge in [0, 0.05) is 37.3 Å². The molecule has 0 spiro atoms. The Kier molecular flexibility index (Phi) is 2.58. The number of halogens is 1. The van der Waals surface area contributed by atoms with Crippen LogP contribution in [0.15, 0.2) is 47.8 Å². The van der Waals surface area contributed by atoms with Crippen molar-refractivity contribution in [1.29, 1.82) is 0 Å². The summed E-state index contributed by atoms with van der Waals surface area (Å²) < 4.78 is 14.6. The molecule has 0 saturated heterocycles. The van der Waals surface area contributed by atoms with Crippen molar-refractivity contribution < 1.29 is 4.39 Å². The lowest BCUT2D eigenvalue weighted by molar-refractivity contribution is 0.616. The standard InChI is InChI=1S/C11H9FN2O/c12-10-5-9(6-13-7-10)8-14-3-1-11(15)2-4-14/h1-7H,8H2. The van der Waals surface area contributed by atoms with E-state index in [2.05, 4.69) is 4.98 Å². The predicted octanol–water partition coefficient (Wildman–Crippen LogP) is 1.43. The van der Waals surface area contributed by atoms with Crippen molar-refractivity contribution in [3.8, 4) is 0 Å². The van der Waals surface area contributed by atoms with Crippen molar-refractivity contribution in [1.82, 2.24) is 9.55 Å². The minimum absolute atomic E-state index is 0.0383. The van der Waals surface area contributed by atoms with E-state index in [1.807, 2.05) is 0 Å². The van der Waals surface area contributed by atoms with Crippen molar-refractivity contribution in [3.05, 3.63) is 64.6 Å². The Bertz CT molecular complexity index is 501. The summed E-state index contributed by atoms with van der Waals surface area (Å²) in [5.74, 6) is -0.353. The largest absolute Gasteiger partial charge is 0.350 e. The van der Waals surface area contributed by atoms with Gasteiger partial charge >= 0.3 is 0 Å². The zero-order chi connectivity index (χ0) is 10.7. The van der Waals surface area contributed by atoms with Crippen molar-refractivity contribution >= 4 is 0 Å². The molecule has 0 saturated carbocycles. The van der Waals surface area contributed by atoms with Gasteiger partial charge in [0.05, 0.1) is 6.20 Å². The van der Waals surface area contributed by atoms with E-state index in [-0.39, 0.29) is 11.2 Å². The number of nitrogens with zero attached hydrogens (tertiary/aromatic N) is 2. The van der Waals surface area contributed by atoms with Crippen LogP contribution in [-0.2, 0) is 6.54 Å². The van der Waals surface area contributed by atoms with Crippen LogP contribution in [0.1, 0.15) is 5.56 Å². The smallest absolute Gasteiger partial charge is 0.181 e. The Morgan fingerprint density at radius 1 is 1.27 bits per heavy atom. The molecule has 0 fully saturated rings. The topological polar surface area (TPSA) is 34.9 Å². The summed E-state index contributed by atoms with van der Waals surface area (Å²) in [7, 11) is 0. The van der Waals surface area contributed by atoms with Crippen molar-refractivity contribution in [3.63, 3.8) is 0 Å². The first-order valence-electron chi connectivity index (χ1n) is 4.49. The number of rotatable bonds is 2. The molecule has 0 aliphatic carbocycles. The van der Waals surface area contributed by atoms with Gasteiger partial charge in [-0.05, 0) is 11.6 Å². The van der Waals surface area contributed by atoms with Crippen molar-refractivity contribution in [2.24, 2.45) is 0 Å². The molecule has 0 atom stereocenters. The summed E-state index contributed by atoms with van der Waals surface area (Å²) in [4.78, 5) is 14.6. The van der Waals surface area contributed by atoms with Crippen LogP contribution < -0.4 is 5.43 Å². The second-order valence-electron chi connectivity index (χ2n) is 3.22. The van der Waals surface area contributed by atoms with Gasteiger partial charge in [0.2, 0.25) is 0 Å². The van der Waals surface area contributed by atoms with Crippen LogP contribution in [0.5, 0.6) is 0 Å². The third-order valence-corrected chi connectivity index (χ3v) is 1.99. The molecule has 76 valence electrons. The van der Waals surface area contributed by atoms with Crippen LogP contribution in [0, 0.1) is 5.82 Å². The molecule has 3 nitrogen and oxygen atoms in total. The number of hydrogen-bond donors (Lipinski definition) is 0. The quantitative estimate of drug-likeness (QED) is 0.741. The van der Waals surface area contributed by atoms with Crippen LogP contribution in [-0.4, -0.2) is 9.55 Å². The molecule has 15 heavy (non-hydrogen) atoms. The molecule has 2 rings (SSSR count). The van der Waals surface area contributed by atoms with Gasteiger partial charge in [-0.1, -0.05) is 0 Å². The molecular weight excluding hydrogens is 195 g/mol. The van der Waals surface area contributed by atoms with Gasteiger partial charge in [-0.25, -0.2) is 4.39 Å². The normalized spacial score (nSPS) is 10.2. The summed E-state index contributed by atoms with van der Waals surface area (Å²) in [6, 6.07) is 4.35. The highest BCUT2D eigenvalue weighted by Gasteiger charge is 1.96. The molecule has 4 heteroatoms. The van der Waals surface area contributed by atoms with E-state index in [1.54, 1.807) is 23.2 Å². The van der Waals surface area contributed by atoms with Gasteiger partial charge in [0.25, 0.3) is 0 Å². The Hall–Kier alpha value is -1.97. The fourth-order valence-corrected chi connectivity index (χ4v) is 1.30. The monoisotopic (exact) mass is 204 g/mol. The molecule has 0 unspecified atom stereocenters. The molecule has 2 aromatic heterocycles. The van der Waals surface area contributed by atoms with Crippen LogP contribution in [0.25, 0.3) is 0 Å². The van der Waals surface area contributed by atoms with Crippen LogP contribution in [0.4, 0.5) is 4.39 Å². The fourth-order valence-electron chi connectivity index (χ4n) is 1.30. The van der Waals surface area contributed by atoms with E-state index < -0.39 is 0 Å². The van der Waals surface area contributed by atoms with E-state index >= 15 is 0 Å². The van der Waals surface area contributed by atoms with E-state index in [9.17, 15) is 9.18 Å². The molecular formula is C11H9FN2O. The molecule has 0 aromatic carbocycles. The summed E-state index contributed by atoms with van der Waals surface area (Å²) >= 11 is 0.